The Labute approximate surface area is 204 Å². The molecule has 1 aliphatic carbocycles. The standard InChI is InChI=1S/C28H32FN3O3/c1-2-35-24(33)18-28(15-8-3-9-16-28)31-27(34)32-17-14-20-19-10-5-7-13-23(19)30-25(20)26(32)21-11-4-6-12-22(21)29/h4-7,10-13,26,30H,2-3,8-9,14-18H2,1H3,(H,31,34)/t26-/m1/s1. The molecule has 6 nitrogen and oxygen atoms in total. The van der Waals surface area contributed by atoms with Gasteiger partial charge in [0.2, 0.25) is 0 Å². The molecule has 1 aromatic heterocycles. The van der Waals surface area contributed by atoms with E-state index in [9.17, 15) is 9.59 Å². The van der Waals surface area contributed by atoms with Crippen molar-refractivity contribution < 1.29 is 18.7 Å². The van der Waals surface area contributed by atoms with Gasteiger partial charge in [0.1, 0.15) is 11.9 Å². The molecule has 35 heavy (non-hydrogen) atoms. The fourth-order valence-corrected chi connectivity index (χ4v) is 5.84. The van der Waals surface area contributed by atoms with E-state index in [-0.39, 0.29) is 24.2 Å². The number of hydrogen-bond acceptors (Lipinski definition) is 3. The minimum Gasteiger partial charge on any atom is -0.466 e. The SMILES string of the molecule is CCOC(=O)CC1(NC(=O)N2CCc3c([nH]c4ccccc34)[C@H]2c2ccccc2F)CCCCC1. The molecule has 2 N–H and O–H groups in total. The Morgan fingerprint density at radius 3 is 2.63 bits per heavy atom. The summed E-state index contributed by atoms with van der Waals surface area (Å²) >= 11 is 0. The van der Waals surface area contributed by atoms with Gasteiger partial charge in [0, 0.05) is 28.7 Å². The van der Waals surface area contributed by atoms with E-state index in [1.807, 2.05) is 18.2 Å². The number of benzene rings is 2. The molecule has 1 saturated carbocycles. The lowest BCUT2D eigenvalue weighted by Crippen LogP contribution is -2.57. The lowest BCUT2D eigenvalue weighted by Gasteiger charge is -2.42. The zero-order chi connectivity index (χ0) is 24.4. The molecule has 0 unspecified atom stereocenters. The summed E-state index contributed by atoms with van der Waals surface area (Å²) < 4.78 is 20.3. The van der Waals surface area contributed by atoms with E-state index in [0.29, 0.717) is 25.1 Å². The van der Waals surface area contributed by atoms with Gasteiger partial charge in [0.25, 0.3) is 0 Å². The molecule has 2 heterocycles. The largest absolute Gasteiger partial charge is 0.466 e. The molecule has 0 bridgehead atoms. The number of halogens is 1. The van der Waals surface area contributed by atoms with Crippen molar-refractivity contribution in [3.8, 4) is 0 Å². The van der Waals surface area contributed by atoms with Crippen molar-refractivity contribution in [2.45, 2.75) is 63.5 Å². The third-order valence-electron chi connectivity index (χ3n) is 7.47. The maximum atomic E-state index is 15.1. The number of carbonyl (C=O) groups is 2. The van der Waals surface area contributed by atoms with Crippen LogP contribution in [0.25, 0.3) is 10.9 Å². The lowest BCUT2D eigenvalue weighted by atomic mass is 9.79. The first-order chi connectivity index (χ1) is 17.0. The number of ether oxygens (including phenoxy) is 1. The highest BCUT2D eigenvalue weighted by Crippen LogP contribution is 2.40. The fourth-order valence-electron chi connectivity index (χ4n) is 5.84. The molecule has 1 fully saturated rings. The number of urea groups is 1. The van der Waals surface area contributed by atoms with Gasteiger partial charge in [0.05, 0.1) is 18.6 Å². The molecule has 5 rings (SSSR count). The molecule has 1 aliphatic heterocycles. The maximum Gasteiger partial charge on any atom is 0.318 e. The van der Waals surface area contributed by atoms with Crippen LogP contribution >= 0.6 is 0 Å². The monoisotopic (exact) mass is 477 g/mol. The number of amides is 2. The van der Waals surface area contributed by atoms with Crippen LogP contribution in [0.15, 0.2) is 48.5 Å². The van der Waals surface area contributed by atoms with Gasteiger partial charge >= 0.3 is 12.0 Å². The average molecular weight is 478 g/mol. The van der Waals surface area contributed by atoms with Gasteiger partial charge in [0.15, 0.2) is 0 Å². The van der Waals surface area contributed by atoms with Crippen molar-refractivity contribution in [1.29, 1.82) is 0 Å². The summed E-state index contributed by atoms with van der Waals surface area (Å²) in [5.41, 5.74) is 2.77. The van der Waals surface area contributed by atoms with E-state index in [2.05, 4.69) is 16.4 Å². The Balaban J connectivity index is 1.51. The van der Waals surface area contributed by atoms with Crippen LogP contribution in [0.4, 0.5) is 9.18 Å². The normalized spacial score (nSPS) is 19.3. The van der Waals surface area contributed by atoms with E-state index >= 15 is 4.39 Å². The Kier molecular flexibility index (Phi) is 6.50. The van der Waals surface area contributed by atoms with Gasteiger partial charge in [-0.1, -0.05) is 55.7 Å². The molecule has 2 amide bonds. The van der Waals surface area contributed by atoms with Gasteiger partial charge in [-0.15, -0.1) is 0 Å². The van der Waals surface area contributed by atoms with Gasteiger partial charge in [-0.3, -0.25) is 4.79 Å². The quantitative estimate of drug-likeness (QED) is 0.469. The predicted octanol–water partition coefficient (Wildman–Crippen LogP) is 5.62. The van der Waals surface area contributed by atoms with Crippen LogP contribution in [0.2, 0.25) is 0 Å². The van der Waals surface area contributed by atoms with E-state index in [4.69, 9.17) is 4.74 Å². The minimum absolute atomic E-state index is 0.155. The van der Waals surface area contributed by atoms with Crippen LogP contribution < -0.4 is 5.32 Å². The number of fused-ring (bicyclic) bond motifs is 3. The van der Waals surface area contributed by atoms with Gasteiger partial charge in [-0.2, -0.15) is 0 Å². The summed E-state index contributed by atoms with van der Waals surface area (Å²) in [7, 11) is 0. The molecule has 0 saturated heterocycles. The number of nitrogens with one attached hydrogen (secondary N) is 2. The number of nitrogens with zero attached hydrogens (tertiary/aromatic N) is 1. The van der Waals surface area contributed by atoms with Crippen LogP contribution in [0.5, 0.6) is 0 Å². The molecule has 7 heteroatoms. The first-order valence-electron chi connectivity index (χ1n) is 12.6. The number of esters is 1. The van der Waals surface area contributed by atoms with E-state index in [1.54, 1.807) is 30.0 Å². The smallest absolute Gasteiger partial charge is 0.318 e. The second kappa shape index (κ2) is 9.72. The highest BCUT2D eigenvalue weighted by Gasteiger charge is 2.41. The van der Waals surface area contributed by atoms with Gasteiger partial charge < -0.3 is 19.9 Å². The Bertz CT molecular complexity index is 1230. The summed E-state index contributed by atoms with van der Waals surface area (Å²) in [6.45, 7) is 2.55. The molecule has 0 radical (unpaired) electrons. The van der Waals surface area contributed by atoms with E-state index in [0.717, 1.165) is 54.3 Å². The third kappa shape index (κ3) is 4.51. The predicted molar refractivity (Wildman–Crippen MR) is 133 cm³/mol. The van der Waals surface area contributed by atoms with Crippen LogP contribution in [0, 0.1) is 5.82 Å². The number of rotatable bonds is 5. The number of para-hydroxylation sites is 1. The fraction of sp³-hybridized carbons (Fsp3) is 0.429. The maximum absolute atomic E-state index is 15.1. The summed E-state index contributed by atoms with van der Waals surface area (Å²) in [6, 6.07) is 13.8. The van der Waals surface area contributed by atoms with Crippen LogP contribution in [-0.2, 0) is 16.0 Å². The first kappa shape index (κ1) is 23.4. The number of aromatic nitrogens is 1. The van der Waals surface area contributed by atoms with Crippen molar-refractivity contribution in [2.75, 3.05) is 13.2 Å². The molecular weight excluding hydrogens is 445 g/mol. The Morgan fingerprint density at radius 2 is 1.86 bits per heavy atom. The summed E-state index contributed by atoms with van der Waals surface area (Å²) in [4.78, 5) is 31.5. The Hall–Kier alpha value is -3.35. The van der Waals surface area contributed by atoms with Gasteiger partial charge in [-0.05, 0) is 43.9 Å². The highest BCUT2D eigenvalue weighted by molar-refractivity contribution is 5.86. The summed E-state index contributed by atoms with van der Waals surface area (Å²) in [6.07, 6.45) is 5.26. The molecular formula is C28H32FN3O3. The zero-order valence-corrected chi connectivity index (χ0v) is 20.1. The zero-order valence-electron chi connectivity index (χ0n) is 20.1. The first-order valence-corrected chi connectivity index (χ1v) is 12.6. The van der Waals surface area contributed by atoms with Crippen LogP contribution in [-0.4, -0.2) is 40.6 Å². The highest BCUT2D eigenvalue weighted by atomic mass is 19.1. The Morgan fingerprint density at radius 1 is 1.11 bits per heavy atom. The second-order valence-corrected chi connectivity index (χ2v) is 9.68. The molecule has 3 aromatic rings. The van der Waals surface area contributed by atoms with Crippen molar-refractivity contribution in [2.24, 2.45) is 0 Å². The van der Waals surface area contributed by atoms with Gasteiger partial charge in [-0.25, -0.2) is 9.18 Å². The second-order valence-electron chi connectivity index (χ2n) is 9.68. The minimum atomic E-state index is -0.637. The molecule has 184 valence electrons. The van der Waals surface area contributed by atoms with Crippen molar-refractivity contribution in [3.63, 3.8) is 0 Å². The third-order valence-corrected chi connectivity index (χ3v) is 7.47. The average Bonchev–Trinajstić information content (AvgIpc) is 3.23. The molecule has 1 atom stereocenters. The summed E-state index contributed by atoms with van der Waals surface area (Å²) in [5.74, 6) is -0.641. The molecule has 0 spiro atoms. The number of aromatic amines is 1. The topological polar surface area (TPSA) is 74.4 Å². The number of hydrogen-bond donors (Lipinski definition) is 2. The van der Waals surface area contributed by atoms with E-state index in [1.165, 1.54) is 6.07 Å². The van der Waals surface area contributed by atoms with Crippen LogP contribution in [0.3, 0.4) is 0 Å². The van der Waals surface area contributed by atoms with Crippen molar-refractivity contribution in [3.05, 3.63) is 71.2 Å². The lowest BCUT2D eigenvalue weighted by molar-refractivity contribution is -0.145. The van der Waals surface area contributed by atoms with Crippen molar-refractivity contribution in [1.82, 2.24) is 15.2 Å². The molecule has 2 aliphatic rings. The van der Waals surface area contributed by atoms with Crippen LogP contribution in [0.1, 0.15) is 68.3 Å². The number of carbonyl (C=O) groups excluding carboxylic acids is 2. The molecule has 2 aromatic carbocycles. The number of H-pyrrole nitrogens is 1. The van der Waals surface area contributed by atoms with Crippen molar-refractivity contribution >= 4 is 22.9 Å². The summed E-state index contributed by atoms with van der Waals surface area (Å²) in [5, 5.41) is 4.33. The van der Waals surface area contributed by atoms with E-state index < -0.39 is 11.6 Å².